The molecule has 1 aromatic heterocycles. The number of nitrogens with one attached hydrogen (secondary N) is 1. The Hall–Kier alpha value is -2.25. The maximum Gasteiger partial charge on any atom is 0.242 e. The van der Waals surface area contributed by atoms with Gasteiger partial charge in [-0.1, -0.05) is 35.5 Å². The molecule has 7 heteroatoms. The van der Waals surface area contributed by atoms with Crippen molar-refractivity contribution in [3.8, 4) is 0 Å². The summed E-state index contributed by atoms with van der Waals surface area (Å²) in [5.74, 6) is -0.126. The first-order chi connectivity index (χ1) is 11.3. The zero-order valence-electron chi connectivity index (χ0n) is 12.8. The summed E-state index contributed by atoms with van der Waals surface area (Å²) in [5.41, 5.74) is 1.12. The van der Waals surface area contributed by atoms with E-state index in [2.05, 4.69) is 15.6 Å². The third-order valence-corrected chi connectivity index (χ3v) is 3.72. The van der Waals surface area contributed by atoms with Crippen molar-refractivity contribution in [2.45, 2.75) is 31.7 Å². The van der Waals surface area contributed by atoms with Crippen LogP contribution in [0.4, 0.5) is 0 Å². The zero-order chi connectivity index (χ0) is 15.9. The monoisotopic (exact) mass is 316 g/mol. The van der Waals surface area contributed by atoms with Crippen molar-refractivity contribution in [2.24, 2.45) is 0 Å². The number of hydrogen-bond donors (Lipinski definition) is 1. The van der Waals surface area contributed by atoms with Crippen LogP contribution in [0.25, 0.3) is 0 Å². The molecule has 1 aromatic carbocycles. The minimum atomic E-state index is -0.150. The van der Waals surface area contributed by atoms with Crippen LogP contribution in [0, 0.1) is 0 Å². The standard InChI is InChI=1S/C16H20N4O3/c21-16(10-20-8-7-17-19-20)18-14-12-22-9-6-15(14)23-11-13-4-2-1-3-5-13/h1-5,7-8,14-15H,6,9-12H2,(H,18,21)/t14-,15+/m1/s1. The first-order valence-corrected chi connectivity index (χ1v) is 7.68. The number of benzene rings is 1. The number of carbonyl (C=O) groups excluding carboxylic acids is 1. The Morgan fingerprint density at radius 1 is 1.39 bits per heavy atom. The second-order valence-corrected chi connectivity index (χ2v) is 5.47. The number of aromatic nitrogens is 3. The van der Waals surface area contributed by atoms with Crippen LogP contribution < -0.4 is 5.32 Å². The molecule has 0 radical (unpaired) electrons. The van der Waals surface area contributed by atoms with Gasteiger partial charge in [-0.3, -0.25) is 4.79 Å². The largest absolute Gasteiger partial charge is 0.379 e. The molecular weight excluding hydrogens is 296 g/mol. The summed E-state index contributed by atoms with van der Waals surface area (Å²) in [5, 5.41) is 10.4. The summed E-state index contributed by atoms with van der Waals surface area (Å²) in [6, 6.07) is 9.85. The molecule has 0 spiro atoms. The lowest BCUT2D eigenvalue weighted by Crippen LogP contribution is -2.51. The molecule has 1 aliphatic heterocycles. The lowest BCUT2D eigenvalue weighted by molar-refractivity contribution is -0.127. The Morgan fingerprint density at radius 3 is 3.04 bits per heavy atom. The van der Waals surface area contributed by atoms with Gasteiger partial charge in [-0.25, -0.2) is 4.68 Å². The number of amides is 1. The van der Waals surface area contributed by atoms with Gasteiger partial charge in [0.25, 0.3) is 0 Å². The van der Waals surface area contributed by atoms with E-state index >= 15 is 0 Å². The van der Waals surface area contributed by atoms with E-state index in [1.807, 2.05) is 30.3 Å². The van der Waals surface area contributed by atoms with Crippen LogP contribution in [0.3, 0.4) is 0 Å². The number of ether oxygens (including phenoxy) is 2. The van der Waals surface area contributed by atoms with Crippen molar-refractivity contribution >= 4 is 5.91 Å². The molecule has 0 aliphatic carbocycles. The normalized spacial score (nSPS) is 21.0. The molecule has 2 atom stereocenters. The van der Waals surface area contributed by atoms with Crippen LogP contribution in [-0.4, -0.2) is 46.3 Å². The van der Waals surface area contributed by atoms with Gasteiger partial charge in [-0.05, 0) is 12.0 Å². The molecule has 2 heterocycles. The second-order valence-electron chi connectivity index (χ2n) is 5.47. The number of hydrogen-bond acceptors (Lipinski definition) is 5. The maximum absolute atomic E-state index is 12.1. The highest BCUT2D eigenvalue weighted by Crippen LogP contribution is 2.14. The third-order valence-electron chi connectivity index (χ3n) is 3.72. The van der Waals surface area contributed by atoms with Crippen LogP contribution in [0.1, 0.15) is 12.0 Å². The summed E-state index contributed by atoms with van der Waals surface area (Å²) in [7, 11) is 0. The van der Waals surface area contributed by atoms with Crippen LogP contribution >= 0.6 is 0 Å². The Morgan fingerprint density at radius 2 is 2.26 bits per heavy atom. The molecule has 3 rings (SSSR count). The number of nitrogens with zero attached hydrogens (tertiary/aromatic N) is 3. The summed E-state index contributed by atoms with van der Waals surface area (Å²) >= 11 is 0. The van der Waals surface area contributed by atoms with Crippen molar-refractivity contribution in [3.63, 3.8) is 0 Å². The molecule has 0 bridgehead atoms. The number of rotatable bonds is 6. The molecule has 1 aliphatic rings. The Bertz CT molecular complexity index is 603. The Labute approximate surface area is 134 Å². The van der Waals surface area contributed by atoms with Crippen molar-refractivity contribution in [2.75, 3.05) is 13.2 Å². The maximum atomic E-state index is 12.1. The van der Waals surface area contributed by atoms with Crippen molar-refractivity contribution in [1.29, 1.82) is 0 Å². The minimum Gasteiger partial charge on any atom is -0.379 e. The smallest absolute Gasteiger partial charge is 0.242 e. The first kappa shape index (κ1) is 15.6. The predicted octanol–water partition coefficient (Wildman–Crippen LogP) is 0.769. The summed E-state index contributed by atoms with van der Waals surface area (Å²) in [6.07, 6.45) is 3.91. The van der Waals surface area contributed by atoms with E-state index in [-0.39, 0.29) is 24.6 Å². The topological polar surface area (TPSA) is 78.3 Å². The van der Waals surface area contributed by atoms with E-state index in [0.717, 1.165) is 12.0 Å². The summed E-state index contributed by atoms with van der Waals surface area (Å²) < 4.78 is 12.9. The highest BCUT2D eigenvalue weighted by molar-refractivity contribution is 5.76. The van der Waals surface area contributed by atoms with E-state index in [1.165, 1.54) is 4.68 Å². The molecular formula is C16H20N4O3. The van der Waals surface area contributed by atoms with Crippen molar-refractivity contribution in [3.05, 3.63) is 48.3 Å². The molecule has 1 amide bonds. The molecule has 1 fully saturated rings. The molecule has 23 heavy (non-hydrogen) atoms. The lowest BCUT2D eigenvalue weighted by Gasteiger charge is -2.32. The predicted molar refractivity (Wildman–Crippen MR) is 82.4 cm³/mol. The lowest BCUT2D eigenvalue weighted by atomic mass is 10.1. The van der Waals surface area contributed by atoms with Gasteiger partial charge in [-0.2, -0.15) is 0 Å². The van der Waals surface area contributed by atoms with Gasteiger partial charge in [0.1, 0.15) is 6.54 Å². The van der Waals surface area contributed by atoms with Gasteiger partial charge < -0.3 is 14.8 Å². The van der Waals surface area contributed by atoms with Gasteiger partial charge in [-0.15, -0.1) is 5.10 Å². The van der Waals surface area contributed by atoms with Gasteiger partial charge in [0.2, 0.25) is 5.91 Å². The second kappa shape index (κ2) is 7.85. The third kappa shape index (κ3) is 4.61. The fraction of sp³-hybridized carbons (Fsp3) is 0.438. The SMILES string of the molecule is O=C(Cn1ccnn1)N[C@@H]1COCC[C@@H]1OCc1ccccc1. The van der Waals surface area contributed by atoms with E-state index in [1.54, 1.807) is 12.4 Å². The highest BCUT2D eigenvalue weighted by atomic mass is 16.5. The van der Waals surface area contributed by atoms with Gasteiger partial charge in [0, 0.05) is 12.8 Å². The molecule has 7 nitrogen and oxygen atoms in total. The Kier molecular flexibility index (Phi) is 5.33. The fourth-order valence-electron chi connectivity index (χ4n) is 2.55. The van der Waals surface area contributed by atoms with Gasteiger partial charge in [0.15, 0.2) is 0 Å². The molecule has 0 unspecified atom stereocenters. The molecule has 0 saturated carbocycles. The average molecular weight is 316 g/mol. The zero-order valence-corrected chi connectivity index (χ0v) is 12.8. The highest BCUT2D eigenvalue weighted by Gasteiger charge is 2.28. The molecule has 2 aromatic rings. The van der Waals surface area contributed by atoms with Crippen molar-refractivity contribution < 1.29 is 14.3 Å². The quantitative estimate of drug-likeness (QED) is 0.851. The van der Waals surface area contributed by atoms with E-state index < -0.39 is 0 Å². The first-order valence-electron chi connectivity index (χ1n) is 7.68. The fourth-order valence-corrected chi connectivity index (χ4v) is 2.55. The van der Waals surface area contributed by atoms with E-state index in [0.29, 0.717) is 19.8 Å². The molecule has 122 valence electrons. The van der Waals surface area contributed by atoms with Gasteiger partial charge in [0.05, 0.1) is 31.6 Å². The van der Waals surface area contributed by atoms with Crippen LogP contribution in [0.2, 0.25) is 0 Å². The van der Waals surface area contributed by atoms with E-state index in [4.69, 9.17) is 9.47 Å². The molecule has 1 saturated heterocycles. The summed E-state index contributed by atoms with van der Waals surface area (Å²) in [6.45, 7) is 1.78. The Balaban J connectivity index is 1.52. The van der Waals surface area contributed by atoms with E-state index in [9.17, 15) is 4.79 Å². The van der Waals surface area contributed by atoms with Crippen LogP contribution in [0.15, 0.2) is 42.7 Å². The van der Waals surface area contributed by atoms with Crippen molar-refractivity contribution in [1.82, 2.24) is 20.3 Å². The summed E-state index contributed by atoms with van der Waals surface area (Å²) in [4.78, 5) is 12.1. The number of carbonyl (C=O) groups is 1. The van der Waals surface area contributed by atoms with Crippen LogP contribution in [-0.2, 0) is 27.4 Å². The van der Waals surface area contributed by atoms with Crippen LogP contribution in [0.5, 0.6) is 0 Å². The van der Waals surface area contributed by atoms with Gasteiger partial charge >= 0.3 is 0 Å². The minimum absolute atomic E-state index is 0.0522. The molecule has 1 N–H and O–H groups in total. The average Bonchev–Trinajstić information content (AvgIpc) is 3.08.